The van der Waals surface area contributed by atoms with E-state index in [1.165, 1.54) is 11.9 Å². The number of hydrogen-bond donors (Lipinski definition) is 3. The second-order valence-electron chi connectivity index (χ2n) is 11.3. The van der Waals surface area contributed by atoms with Gasteiger partial charge in [0, 0.05) is 13.1 Å². The smallest absolute Gasteiger partial charge is 0.417 e. The van der Waals surface area contributed by atoms with Gasteiger partial charge in [0.1, 0.15) is 11.5 Å². The molecule has 0 saturated carbocycles. The van der Waals surface area contributed by atoms with Crippen LogP contribution in [0.3, 0.4) is 0 Å². The van der Waals surface area contributed by atoms with Crippen LogP contribution in [0, 0.1) is 12.3 Å². The van der Waals surface area contributed by atoms with E-state index in [-0.39, 0.29) is 29.0 Å². The lowest BCUT2D eigenvalue weighted by molar-refractivity contribution is -0.138. The number of carbonyl (C=O) groups is 1. The molecule has 4 rings (SSSR count). The van der Waals surface area contributed by atoms with Crippen molar-refractivity contribution >= 4 is 35.0 Å². The molecule has 0 bridgehead atoms. The van der Waals surface area contributed by atoms with E-state index in [1.807, 2.05) is 46.9 Å². The minimum Gasteiger partial charge on any atom is -0.505 e. The molecule has 1 unspecified atom stereocenters. The van der Waals surface area contributed by atoms with Crippen molar-refractivity contribution < 1.29 is 27.5 Å². The number of hydrogen-bond acceptors (Lipinski definition) is 9. The van der Waals surface area contributed by atoms with Gasteiger partial charge in [-0.1, -0.05) is 20.8 Å². The third kappa shape index (κ3) is 6.35. The first kappa shape index (κ1) is 29.7. The van der Waals surface area contributed by atoms with Crippen molar-refractivity contribution in [2.24, 2.45) is 5.41 Å². The van der Waals surface area contributed by atoms with Crippen LogP contribution < -0.4 is 10.6 Å². The second kappa shape index (κ2) is 11.3. The highest BCUT2D eigenvalue weighted by atomic mass is 32.1. The number of nitrogens with zero attached hydrogens (tertiary/aromatic N) is 4. The van der Waals surface area contributed by atoms with Crippen LogP contribution in [0.1, 0.15) is 67.1 Å². The first-order chi connectivity index (χ1) is 18.7. The summed E-state index contributed by atoms with van der Waals surface area (Å²) >= 11 is 0.890. The van der Waals surface area contributed by atoms with Gasteiger partial charge in [-0.3, -0.25) is 4.79 Å². The second-order valence-corrected chi connectivity index (χ2v) is 11.8. The molecule has 3 heterocycles. The largest absolute Gasteiger partial charge is 0.505 e. The average Bonchev–Trinajstić information content (AvgIpc) is 3.50. The summed E-state index contributed by atoms with van der Waals surface area (Å²) in [6, 6.07) is 5.06. The average molecular weight is 581 g/mol. The van der Waals surface area contributed by atoms with Crippen LogP contribution in [0.15, 0.2) is 28.7 Å². The Hall–Kier alpha value is -3.32. The van der Waals surface area contributed by atoms with Gasteiger partial charge in [-0.2, -0.15) is 21.9 Å². The maximum Gasteiger partial charge on any atom is 0.417 e. The van der Waals surface area contributed by atoms with Gasteiger partial charge in [0.15, 0.2) is 17.4 Å². The number of phenolic OH excluding ortho intramolecular Hbond substituents is 1. The molecule has 2 aromatic heterocycles. The van der Waals surface area contributed by atoms with Crippen LogP contribution in [-0.2, 0) is 6.18 Å². The number of anilines is 3. The number of piperidine rings is 1. The number of amides is 1. The summed E-state index contributed by atoms with van der Waals surface area (Å²) < 4.78 is 56.4. The van der Waals surface area contributed by atoms with Crippen molar-refractivity contribution in [3.8, 4) is 5.75 Å². The van der Waals surface area contributed by atoms with E-state index in [9.17, 15) is 23.1 Å². The van der Waals surface area contributed by atoms with Crippen LogP contribution in [0.4, 0.5) is 30.5 Å². The van der Waals surface area contributed by atoms with Crippen molar-refractivity contribution in [2.45, 2.75) is 58.8 Å². The first-order valence-corrected chi connectivity index (χ1v) is 13.7. The molecule has 0 spiro atoms. The number of furan rings is 1. The zero-order valence-electron chi connectivity index (χ0n) is 23.4. The number of aryl methyl sites for hydroxylation is 1. The highest BCUT2D eigenvalue weighted by Gasteiger charge is 2.40. The van der Waals surface area contributed by atoms with E-state index in [4.69, 9.17) is 4.42 Å². The van der Waals surface area contributed by atoms with Crippen LogP contribution >= 0.6 is 11.7 Å². The summed E-state index contributed by atoms with van der Waals surface area (Å²) in [7, 11) is 3.43. The number of phenols is 1. The number of aromatic nitrogens is 2. The normalized spacial score (nSPS) is 16.1. The Morgan fingerprint density at radius 1 is 1.15 bits per heavy atom. The van der Waals surface area contributed by atoms with Gasteiger partial charge in [-0.25, -0.2) is 0 Å². The molecule has 40 heavy (non-hydrogen) atoms. The highest BCUT2D eigenvalue weighted by Crippen LogP contribution is 2.43. The van der Waals surface area contributed by atoms with Crippen LogP contribution in [0.25, 0.3) is 0 Å². The third-order valence-electron chi connectivity index (χ3n) is 7.19. The van der Waals surface area contributed by atoms with Gasteiger partial charge in [0.2, 0.25) is 0 Å². The Morgan fingerprint density at radius 3 is 2.38 bits per heavy atom. The Balaban J connectivity index is 1.66. The van der Waals surface area contributed by atoms with Gasteiger partial charge >= 0.3 is 6.18 Å². The van der Waals surface area contributed by atoms with Crippen LogP contribution in [0.2, 0.25) is 0 Å². The molecule has 1 saturated heterocycles. The standard InChI is InChI=1S/C27H35F3N6O3S/c1-15-7-10-19(39-15)22(26(2,3)4)32-24-23(33-40-34-24)31-18-9-8-17(27(28,29)30)20(21(18)37)25(38)36(6)16-11-13-35(5)14-12-16/h7-10,16,22,37H,11-14H2,1-6H3,(H,31,33)(H,32,34). The predicted molar refractivity (Wildman–Crippen MR) is 148 cm³/mol. The molecule has 1 aliphatic rings. The van der Waals surface area contributed by atoms with Gasteiger partial charge in [0.25, 0.3) is 5.91 Å². The summed E-state index contributed by atoms with van der Waals surface area (Å²) in [5, 5.41) is 17.3. The molecule has 218 valence electrons. The molecule has 1 atom stereocenters. The molecular weight excluding hydrogens is 545 g/mol. The summed E-state index contributed by atoms with van der Waals surface area (Å²) in [5.41, 5.74) is -2.39. The Bertz CT molecular complexity index is 1340. The first-order valence-electron chi connectivity index (χ1n) is 13.0. The molecule has 1 aromatic carbocycles. The summed E-state index contributed by atoms with van der Waals surface area (Å²) in [5.74, 6) is 0.268. The van der Waals surface area contributed by atoms with Gasteiger partial charge < -0.3 is 30.0 Å². The Morgan fingerprint density at radius 2 is 1.80 bits per heavy atom. The summed E-state index contributed by atoms with van der Waals surface area (Å²) in [6.07, 6.45) is -3.59. The van der Waals surface area contributed by atoms with Crippen molar-refractivity contribution in [1.29, 1.82) is 0 Å². The fourth-order valence-corrected chi connectivity index (χ4v) is 5.30. The molecule has 13 heteroatoms. The zero-order valence-corrected chi connectivity index (χ0v) is 24.2. The van der Waals surface area contributed by atoms with Crippen molar-refractivity contribution in [3.05, 3.63) is 46.9 Å². The topological polar surface area (TPSA) is 107 Å². The fraction of sp³-hybridized carbons (Fsp3) is 0.519. The van der Waals surface area contributed by atoms with Crippen molar-refractivity contribution in [3.63, 3.8) is 0 Å². The van der Waals surface area contributed by atoms with E-state index in [2.05, 4.69) is 24.3 Å². The molecular formula is C27H35F3N6O3S. The molecule has 0 aliphatic carbocycles. The Labute approximate surface area is 235 Å². The van der Waals surface area contributed by atoms with E-state index in [1.54, 1.807) is 0 Å². The lowest BCUT2D eigenvalue weighted by Crippen LogP contribution is -2.44. The summed E-state index contributed by atoms with van der Waals surface area (Å²) in [6.45, 7) is 9.36. The molecule has 9 nitrogen and oxygen atoms in total. The molecule has 1 aliphatic heterocycles. The number of aromatic hydroxyl groups is 1. The number of halogens is 3. The summed E-state index contributed by atoms with van der Waals surface area (Å²) in [4.78, 5) is 16.8. The third-order valence-corrected chi connectivity index (χ3v) is 7.72. The quantitative estimate of drug-likeness (QED) is 0.281. The van der Waals surface area contributed by atoms with Crippen LogP contribution in [-0.4, -0.2) is 62.8 Å². The molecule has 3 aromatic rings. The lowest BCUT2D eigenvalue weighted by Gasteiger charge is -2.35. The van der Waals surface area contributed by atoms with E-state index in [0.717, 1.165) is 42.7 Å². The predicted octanol–water partition coefficient (Wildman–Crippen LogP) is 6.27. The SMILES string of the molecule is Cc1ccc(C(Nc2nsnc2Nc2ccc(C(F)(F)F)c(C(=O)N(C)C3CCN(C)CC3)c2O)C(C)(C)C)o1. The molecule has 1 fully saturated rings. The minimum atomic E-state index is -4.84. The maximum atomic E-state index is 14.0. The molecule has 1 amide bonds. The number of benzene rings is 1. The van der Waals surface area contributed by atoms with Crippen LogP contribution in [0.5, 0.6) is 5.75 Å². The maximum absolute atomic E-state index is 14.0. The molecule has 0 radical (unpaired) electrons. The van der Waals surface area contributed by atoms with Crippen molar-refractivity contribution in [2.75, 3.05) is 37.8 Å². The zero-order chi connectivity index (χ0) is 29.4. The number of likely N-dealkylation sites (tertiary alicyclic amines) is 1. The number of alkyl halides is 3. The fourth-order valence-electron chi connectivity index (χ4n) is 4.82. The number of rotatable bonds is 7. The Kier molecular flexibility index (Phi) is 8.36. The van der Waals surface area contributed by atoms with Gasteiger partial charge in [-0.05, 0) is 69.6 Å². The van der Waals surface area contributed by atoms with E-state index in [0.29, 0.717) is 24.4 Å². The van der Waals surface area contributed by atoms with E-state index >= 15 is 0 Å². The monoisotopic (exact) mass is 580 g/mol. The van der Waals surface area contributed by atoms with E-state index < -0.39 is 29.0 Å². The van der Waals surface area contributed by atoms with Gasteiger partial charge in [0.05, 0.1) is 34.6 Å². The van der Waals surface area contributed by atoms with Crippen molar-refractivity contribution in [1.82, 2.24) is 18.5 Å². The number of carbonyl (C=O) groups excluding carboxylic acids is 1. The molecule has 3 N–H and O–H groups in total. The highest BCUT2D eigenvalue weighted by molar-refractivity contribution is 6.99. The lowest BCUT2D eigenvalue weighted by atomic mass is 9.85. The number of nitrogens with one attached hydrogen (secondary N) is 2. The van der Waals surface area contributed by atoms with Gasteiger partial charge in [-0.15, -0.1) is 0 Å². The minimum absolute atomic E-state index is 0.0926.